The first-order valence-electron chi connectivity index (χ1n) is 6.42. The van der Waals surface area contributed by atoms with Crippen LogP contribution < -0.4 is 5.32 Å². The Morgan fingerprint density at radius 2 is 1.79 bits per heavy atom. The van der Waals surface area contributed by atoms with Crippen molar-refractivity contribution in [1.29, 1.82) is 0 Å². The molecule has 0 aliphatic heterocycles. The lowest BCUT2D eigenvalue weighted by Gasteiger charge is -2.23. The molecular weight excluding hydrogens is 262 g/mol. The predicted molar refractivity (Wildman–Crippen MR) is 78.4 cm³/mol. The molecule has 0 amide bonds. The Kier molecular flexibility index (Phi) is 5.38. The van der Waals surface area contributed by atoms with Crippen LogP contribution in [-0.2, 0) is 14.6 Å². The number of sulfone groups is 1. The summed E-state index contributed by atoms with van der Waals surface area (Å²) in [5.41, 5.74) is 0.764. The van der Waals surface area contributed by atoms with Gasteiger partial charge in [-0.15, -0.1) is 0 Å². The maximum absolute atomic E-state index is 11.7. The molecule has 0 unspecified atom stereocenters. The minimum atomic E-state index is -3.11. The normalized spacial score (nSPS) is 12.4. The quantitative estimate of drug-likeness (QED) is 0.837. The minimum absolute atomic E-state index is 0.127. The van der Waals surface area contributed by atoms with Crippen LogP contribution in [0, 0.1) is 0 Å². The molecule has 108 valence electrons. The summed E-state index contributed by atoms with van der Waals surface area (Å²) in [6.07, 6.45) is 0.874. The van der Waals surface area contributed by atoms with Crippen molar-refractivity contribution >= 4 is 15.5 Å². The van der Waals surface area contributed by atoms with Gasteiger partial charge in [-0.3, -0.25) is 0 Å². The topological polar surface area (TPSA) is 55.4 Å². The summed E-state index contributed by atoms with van der Waals surface area (Å²) in [5, 5.41) is 3.26. The lowest BCUT2D eigenvalue weighted by atomic mass is 10.1. The third-order valence-corrected chi connectivity index (χ3v) is 4.95. The molecular formula is C14H23NO3S. The molecule has 0 aliphatic carbocycles. The summed E-state index contributed by atoms with van der Waals surface area (Å²) in [4.78, 5) is 0.373. The second-order valence-corrected chi connectivity index (χ2v) is 7.35. The molecule has 0 aliphatic rings. The zero-order valence-electron chi connectivity index (χ0n) is 12.1. The van der Waals surface area contributed by atoms with E-state index in [-0.39, 0.29) is 11.4 Å². The molecule has 0 bridgehead atoms. The van der Waals surface area contributed by atoms with Crippen molar-refractivity contribution in [1.82, 2.24) is 0 Å². The van der Waals surface area contributed by atoms with Gasteiger partial charge < -0.3 is 10.1 Å². The molecule has 0 saturated heterocycles. The van der Waals surface area contributed by atoms with Crippen molar-refractivity contribution in [3.63, 3.8) is 0 Å². The van der Waals surface area contributed by atoms with Crippen LogP contribution in [0.5, 0.6) is 0 Å². The van der Waals surface area contributed by atoms with E-state index in [4.69, 9.17) is 4.74 Å². The number of anilines is 1. The number of hydrogen-bond acceptors (Lipinski definition) is 4. The van der Waals surface area contributed by atoms with Gasteiger partial charge in [0.25, 0.3) is 0 Å². The summed E-state index contributed by atoms with van der Waals surface area (Å²) >= 11 is 0. The van der Waals surface area contributed by atoms with E-state index in [0.717, 1.165) is 18.7 Å². The van der Waals surface area contributed by atoms with Gasteiger partial charge in [-0.2, -0.15) is 0 Å². The molecule has 19 heavy (non-hydrogen) atoms. The number of nitrogens with one attached hydrogen (secondary N) is 1. The molecule has 1 N–H and O–H groups in total. The van der Waals surface area contributed by atoms with Gasteiger partial charge in [0.2, 0.25) is 0 Å². The van der Waals surface area contributed by atoms with Crippen LogP contribution in [0.1, 0.15) is 27.2 Å². The summed E-state index contributed by atoms with van der Waals surface area (Å²) in [7, 11) is -1.41. The van der Waals surface area contributed by atoms with Gasteiger partial charge in [0.15, 0.2) is 9.84 Å². The molecule has 4 nitrogen and oxygen atoms in total. The van der Waals surface area contributed by atoms with E-state index in [1.165, 1.54) is 0 Å². The number of methoxy groups -OCH3 is 1. The molecule has 0 fully saturated rings. The fourth-order valence-electron chi connectivity index (χ4n) is 1.56. The Hall–Kier alpha value is -1.07. The molecule has 0 heterocycles. The van der Waals surface area contributed by atoms with Crippen LogP contribution >= 0.6 is 0 Å². The van der Waals surface area contributed by atoms with Gasteiger partial charge in [0.1, 0.15) is 0 Å². The number of hydrogen-bond donors (Lipinski definition) is 1. The van der Waals surface area contributed by atoms with Crippen molar-refractivity contribution in [2.75, 3.05) is 24.7 Å². The maximum Gasteiger partial charge on any atom is 0.178 e. The highest BCUT2D eigenvalue weighted by atomic mass is 32.2. The maximum atomic E-state index is 11.7. The molecule has 1 aromatic carbocycles. The third-order valence-electron chi connectivity index (χ3n) is 3.20. The first-order chi connectivity index (χ1) is 8.80. The number of ether oxygens (including phenoxy) is 1. The molecule has 1 aromatic rings. The van der Waals surface area contributed by atoms with E-state index in [9.17, 15) is 8.42 Å². The van der Waals surface area contributed by atoms with E-state index in [0.29, 0.717) is 4.90 Å². The zero-order valence-corrected chi connectivity index (χ0v) is 12.9. The van der Waals surface area contributed by atoms with Crippen LogP contribution in [0.3, 0.4) is 0 Å². The summed E-state index contributed by atoms with van der Waals surface area (Å²) in [6.45, 7) is 6.49. The van der Waals surface area contributed by atoms with Crippen LogP contribution in [0.2, 0.25) is 0 Å². The lowest BCUT2D eigenvalue weighted by molar-refractivity contribution is 0.0185. The van der Waals surface area contributed by atoms with E-state index in [2.05, 4.69) is 5.32 Å². The molecule has 1 rings (SSSR count). The van der Waals surface area contributed by atoms with Crippen LogP contribution in [0.4, 0.5) is 5.69 Å². The van der Waals surface area contributed by atoms with Gasteiger partial charge >= 0.3 is 0 Å². The largest absolute Gasteiger partial charge is 0.385 e. The first-order valence-corrected chi connectivity index (χ1v) is 8.08. The molecule has 0 aromatic heterocycles. The number of benzene rings is 1. The minimum Gasteiger partial charge on any atom is -0.385 e. The monoisotopic (exact) mass is 285 g/mol. The fraction of sp³-hybridized carbons (Fsp3) is 0.571. The van der Waals surface area contributed by atoms with Crippen molar-refractivity contribution in [2.45, 2.75) is 37.7 Å². The second-order valence-electron chi connectivity index (χ2n) is 5.07. The second kappa shape index (κ2) is 6.39. The van der Waals surface area contributed by atoms with Gasteiger partial charge in [-0.25, -0.2) is 8.42 Å². The summed E-state index contributed by atoms with van der Waals surface area (Å²) < 4.78 is 28.7. The summed E-state index contributed by atoms with van der Waals surface area (Å²) in [6, 6.07) is 6.87. The Morgan fingerprint density at radius 1 is 1.21 bits per heavy atom. The van der Waals surface area contributed by atoms with Crippen LogP contribution in [0.25, 0.3) is 0 Å². The smallest absolute Gasteiger partial charge is 0.178 e. The molecule has 0 saturated carbocycles. The standard InChI is InChI=1S/C14H23NO3S/c1-5-19(16,17)13-8-6-12(7-9-13)15-11-10-14(2,3)18-4/h6-9,15H,5,10-11H2,1-4H3. The molecule has 0 radical (unpaired) electrons. The molecule has 0 atom stereocenters. The first kappa shape index (κ1) is 16.0. The number of rotatable bonds is 7. The Labute approximate surface area is 116 Å². The van der Waals surface area contributed by atoms with E-state index < -0.39 is 9.84 Å². The third kappa shape index (κ3) is 4.84. The predicted octanol–water partition coefficient (Wildman–Crippen LogP) is 2.71. The van der Waals surface area contributed by atoms with E-state index >= 15 is 0 Å². The van der Waals surface area contributed by atoms with Gasteiger partial charge in [-0.1, -0.05) is 6.92 Å². The zero-order chi connectivity index (χ0) is 14.5. The lowest BCUT2D eigenvalue weighted by Crippen LogP contribution is -2.25. The van der Waals surface area contributed by atoms with Gasteiger partial charge in [0, 0.05) is 19.3 Å². The highest BCUT2D eigenvalue weighted by Gasteiger charge is 2.15. The van der Waals surface area contributed by atoms with Gasteiger partial charge in [-0.05, 0) is 44.5 Å². The van der Waals surface area contributed by atoms with E-state index in [1.54, 1.807) is 38.3 Å². The van der Waals surface area contributed by atoms with Crippen molar-refractivity contribution in [3.8, 4) is 0 Å². The van der Waals surface area contributed by atoms with Crippen molar-refractivity contribution in [2.24, 2.45) is 0 Å². The van der Waals surface area contributed by atoms with E-state index in [1.807, 2.05) is 13.8 Å². The average molecular weight is 285 g/mol. The van der Waals surface area contributed by atoms with Crippen molar-refractivity contribution < 1.29 is 13.2 Å². The SMILES string of the molecule is CCS(=O)(=O)c1ccc(NCCC(C)(C)OC)cc1. The van der Waals surface area contributed by atoms with Crippen LogP contribution in [0.15, 0.2) is 29.2 Å². The summed E-state index contributed by atoms with van der Waals surface area (Å²) in [5.74, 6) is 0.127. The Bertz CT molecular complexity index is 492. The Morgan fingerprint density at radius 3 is 2.26 bits per heavy atom. The van der Waals surface area contributed by atoms with Gasteiger partial charge in [0.05, 0.1) is 16.2 Å². The highest BCUT2D eigenvalue weighted by molar-refractivity contribution is 7.91. The highest BCUT2D eigenvalue weighted by Crippen LogP contribution is 2.17. The molecule has 5 heteroatoms. The Balaban J connectivity index is 2.59. The fourth-order valence-corrected chi connectivity index (χ4v) is 2.44. The van der Waals surface area contributed by atoms with Crippen LogP contribution in [-0.4, -0.2) is 33.4 Å². The average Bonchev–Trinajstić information content (AvgIpc) is 2.39. The molecule has 0 spiro atoms. The van der Waals surface area contributed by atoms with Crippen molar-refractivity contribution in [3.05, 3.63) is 24.3 Å².